The maximum absolute atomic E-state index is 12.7. The average Bonchev–Trinajstić information content (AvgIpc) is 2.74. The molecular weight excluding hydrogens is 410 g/mol. The first-order chi connectivity index (χ1) is 15.2. The number of nitrogens with zero attached hydrogens (tertiary/aromatic N) is 2. The average molecular weight is 439 g/mol. The van der Waals surface area contributed by atoms with Crippen LogP contribution in [0.15, 0.2) is 48.5 Å². The zero-order valence-electron chi connectivity index (χ0n) is 18.7. The Morgan fingerprint density at radius 1 is 1.03 bits per heavy atom. The second kappa shape index (κ2) is 9.65. The Labute approximate surface area is 187 Å². The van der Waals surface area contributed by atoms with Crippen molar-refractivity contribution in [3.8, 4) is 17.2 Å². The number of ether oxygens (including phenoxy) is 2. The summed E-state index contributed by atoms with van der Waals surface area (Å²) in [5.74, 6) is -0.183. The summed E-state index contributed by atoms with van der Waals surface area (Å²) in [4.78, 5) is 28.7. The monoisotopic (exact) mass is 438 g/mol. The van der Waals surface area contributed by atoms with Crippen molar-refractivity contribution in [1.82, 2.24) is 10.3 Å². The van der Waals surface area contributed by atoms with Gasteiger partial charge in [0.15, 0.2) is 11.4 Å². The van der Waals surface area contributed by atoms with Gasteiger partial charge < -0.3 is 24.4 Å². The van der Waals surface area contributed by atoms with Gasteiger partial charge in [-0.3, -0.25) is 9.59 Å². The van der Waals surface area contributed by atoms with Gasteiger partial charge in [-0.15, -0.1) is 0 Å². The Hall–Kier alpha value is -3.65. The molecule has 32 heavy (non-hydrogen) atoms. The number of amides is 1. The van der Waals surface area contributed by atoms with Crippen molar-refractivity contribution in [2.24, 2.45) is 0 Å². The highest BCUT2D eigenvalue weighted by Gasteiger charge is 2.23. The number of hydrogen-bond acceptors (Lipinski definition) is 6. The molecular formula is C24H28N3O5+. The molecule has 1 aromatic heterocycles. The van der Waals surface area contributed by atoms with Crippen LogP contribution in [-0.2, 0) is 16.1 Å². The van der Waals surface area contributed by atoms with E-state index in [-0.39, 0.29) is 24.6 Å². The standard InChI is InChI=1S/C24H27N3O5/c1-5-31-21(28)14-25-24(30)22-23(29)18-12-11-17(32-16-9-7-6-8-10-16)13-19(18)20(26-22)15-27(2,3)4/h6-13H,5,14-15H2,1-4H3,(H-,25,29,30)/p+1. The summed E-state index contributed by atoms with van der Waals surface area (Å²) in [6, 6.07) is 14.6. The molecule has 0 radical (unpaired) electrons. The summed E-state index contributed by atoms with van der Waals surface area (Å²) in [7, 11) is 6.02. The van der Waals surface area contributed by atoms with Gasteiger partial charge in [0.25, 0.3) is 5.91 Å². The lowest BCUT2D eigenvalue weighted by Crippen LogP contribution is -2.35. The number of hydrogen-bond donors (Lipinski definition) is 2. The second-order valence-electron chi connectivity index (χ2n) is 8.31. The summed E-state index contributed by atoms with van der Waals surface area (Å²) in [6.07, 6.45) is 0. The van der Waals surface area contributed by atoms with Crippen LogP contribution in [0.1, 0.15) is 23.1 Å². The highest BCUT2D eigenvalue weighted by Crippen LogP contribution is 2.34. The Morgan fingerprint density at radius 2 is 1.75 bits per heavy atom. The minimum atomic E-state index is -0.648. The van der Waals surface area contributed by atoms with Crippen LogP contribution < -0.4 is 10.1 Å². The van der Waals surface area contributed by atoms with E-state index in [1.54, 1.807) is 25.1 Å². The van der Waals surface area contributed by atoms with E-state index < -0.39 is 11.9 Å². The third kappa shape index (κ3) is 5.73. The molecule has 0 bridgehead atoms. The van der Waals surface area contributed by atoms with Crippen LogP contribution in [-0.4, -0.2) is 60.7 Å². The number of aromatic nitrogens is 1. The fraction of sp³-hybridized carbons (Fsp3) is 0.292. The summed E-state index contributed by atoms with van der Waals surface area (Å²) < 4.78 is 11.3. The van der Waals surface area contributed by atoms with Gasteiger partial charge in [-0.25, -0.2) is 4.98 Å². The van der Waals surface area contributed by atoms with Crippen molar-refractivity contribution in [3.63, 3.8) is 0 Å². The van der Waals surface area contributed by atoms with Gasteiger partial charge in [0, 0.05) is 10.8 Å². The van der Waals surface area contributed by atoms with Crippen molar-refractivity contribution in [1.29, 1.82) is 0 Å². The maximum Gasteiger partial charge on any atom is 0.325 e. The predicted octanol–water partition coefficient (Wildman–Crippen LogP) is 3.23. The fourth-order valence-corrected chi connectivity index (χ4v) is 3.21. The lowest BCUT2D eigenvalue weighted by atomic mass is 10.1. The number of para-hydroxylation sites is 1. The number of benzene rings is 2. The van der Waals surface area contributed by atoms with Crippen LogP contribution >= 0.6 is 0 Å². The van der Waals surface area contributed by atoms with E-state index >= 15 is 0 Å². The summed E-state index contributed by atoms with van der Waals surface area (Å²) in [5.41, 5.74) is 0.493. The van der Waals surface area contributed by atoms with Crippen molar-refractivity contribution in [2.45, 2.75) is 13.5 Å². The molecule has 168 valence electrons. The van der Waals surface area contributed by atoms with Crippen LogP contribution in [0.3, 0.4) is 0 Å². The molecule has 0 aliphatic rings. The molecule has 0 aliphatic heterocycles. The first-order valence-electron chi connectivity index (χ1n) is 10.3. The minimum absolute atomic E-state index is 0.137. The van der Waals surface area contributed by atoms with Crippen molar-refractivity contribution < 1.29 is 28.7 Å². The van der Waals surface area contributed by atoms with Gasteiger partial charge in [-0.05, 0) is 37.3 Å². The van der Waals surface area contributed by atoms with E-state index in [4.69, 9.17) is 9.47 Å². The number of rotatable bonds is 8. The van der Waals surface area contributed by atoms with Crippen molar-refractivity contribution >= 4 is 22.6 Å². The molecule has 1 heterocycles. The molecule has 0 spiro atoms. The largest absolute Gasteiger partial charge is 0.505 e. The zero-order chi connectivity index (χ0) is 23.3. The number of pyridine rings is 1. The van der Waals surface area contributed by atoms with E-state index in [1.807, 2.05) is 51.5 Å². The smallest absolute Gasteiger partial charge is 0.325 e. The molecule has 2 aromatic carbocycles. The number of carbonyl (C=O) groups excluding carboxylic acids is 2. The van der Waals surface area contributed by atoms with Crippen LogP contribution in [0.5, 0.6) is 17.2 Å². The molecule has 3 aromatic rings. The van der Waals surface area contributed by atoms with E-state index in [0.717, 1.165) is 0 Å². The molecule has 1 amide bonds. The predicted molar refractivity (Wildman–Crippen MR) is 121 cm³/mol. The number of fused-ring (bicyclic) bond motifs is 1. The normalized spacial score (nSPS) is 11.2. The van der Waals surface area contributed by atoms with Crippen LogP contribution in [0.25, 0.3) is 10.8 Å². The van der Waals surface area contributed by atoms with E-state index in [1.165, 1.54) is 0 Å². The molecule has 0 saturated carbocycles. The van der Waals surface area contributed by atoms with Gasteiger partial charge >= 0.3 is 5.97 Å². The topological polar surface area (TPSA) is 97.8 Å². The third-order valence-electron chi connectivity index (χ3n) is 4.54. The Morgan fingerprint density at radius 3 is 2.41 bits per heavy atom. The Bertz CT molecular complexity index is 1120. The Kier molecular flexibility index (Phi) is 6.95. The number of esters is 1. The van der Waals surface area contributed by atoms with Gasteiger partial charge in [-0.1, -0.05) is 18.2 Å². The summed E-state index contributed by atoms with van der Waals surface area (Å²) in [5, 5.41) is 14.4. The molecule has 0 unspecified atom stereocenters. The molecule has 0 saturated heterocycles. The van der Waals surface area contributed by atoms with E-state index in [2.05, 4.69) is 10.3 Å². The summed E-state index contributed by atoms with van der Waals surface area (Å²) >= 11 is 0. The number of quaternary nitrogens is 1. The summed E-state index contributed by atoms with van der Waals surface area (Å²) in [6.45, 7) is 2.10. The molecule has 3 rings (SSSR count). The van der Waals surface area contributed by atoms with Crippen LogP contribution in [0, 0.1) is 0 Å². The molecule has 8 nitrogen and oxygen atoms in total. The van der Waals surface area contributed by atoms with E-state index in [0.29, 0.717) is 39.0 Å². The SMILES string of the molecule is CCOC(=O)CNC(=O)c1nc(C[N+](C)(C)C)c2cc(Oc3ccccc3)ccc2c1O. The van der Waals surface area contributed by atoms with Gasteiger partial charge in [0.2, 0.25) is 0 Å². The molecule has 8 heteroatoms. The number of carbonyl (C=O) groups is 2. The number of nitrogens with one attached hydrogen (secondary N) is 1. The van der Waals surface area contributed by atoms with Gasteiger partial charge in [-0.2, -0.15) is 0 Å². The van der Waals surface area contributed by atoms with Crippen LogP contribution in [0.2, 0.25) is 0 Å². The van der Waals surface area contributed by atoms with E-state index in [9.17, 15) is 14.7 Å². The highest BCUT2D eigenvalue weighted by atomic mass is 16.5. The molecule has 2 N–H and O–H groups in total. The van der Waals surface area contributed by atoms with Gasteiger partial charge in [0.05, 0.1) is 27.7 Å². The van der Waals surface area contributed by atoms with Crippen molar-refractivity contribution in [2.75, 3.05) is 34.3 Å². The minimum Gasteiger partial charge on any atom is -0.505 e. The molecule has 0 fully saturated rings. The fourth-order valence-electron chi connectivity index (χ4n) is 3.21. The maximum atomic E-state index is 12.7. The number of aromatic hydroxyl groups is 1. The zero-order valence-corrected chi connectivity index (χ0v) is 18.7. The highest BCUT2D eigenvalue weighted by molar-refractivity contribution is 6.03. The third-order valence-corrected chi connectivity index (χ3v) is 4.54. The Balaban J connectivity index is 2.01. The first-order valence-corrected chi connectivity index (χ1v) is 10.3. The lowest BCUT2D eigenvalue weighted by Gasteiger charge is -2.24. The van der Waals surface area contributed by atoms with Gasteiger partial charge in [0.1, 0.15) is 30.3 Å². The lowest BCUT2D eigenvalue weighted by molar-refractivity contribution is -0.884. The first kappa shape index (κ1) is 23.0. The molecule has 0 atom stereocenters. The molecule has 0 aliphatic carbocycles. The van der Waals surface area contributed by atoms with Crippen LogP contribution in [0.4, 0.5) is 0 Å². The second-order valence-corrected chi connectivity index (χ2v) is 8.31. The van der Waals surface area contributed by atoms with Crippen molar-refractivity contribution in [3.05, 3.63) is 59.9 Å². The quantitative estimate of drug-likeness (QED) is 0.414.